The summed E-state index contributed by atoms with van der Waals surface area (Å²) in [5, 5.41) is 8.81. The van der Waals surface area contributed by atoms with E-state index < -0.39 is 0 Å². The summed E-state index contributed by atoms with van der Waals surface area (Å²) in [6, 6.07) is 7.13. The first kappa shape index (κ1) is 13.5. The van der Waals surface area contributed by atoms with Crippen molar-refractivity contribution >= 4 is 23.2 Å². The van der Waals surface area contributed by atoms with E-state index in [0.29, 0.717) is 0 Å². The van der Waals surface area contributed by atoms with Gasteiger partial charge in [-0.05, 0) is 43.7 Å². The van der Waals surface area contributed by atoms with Crippen molar-refractivity contribution in [2.75, 3.05) is 23.7 Å². The average Bonchev–Trinajstić information content (AvgIpc) is 2.41. The third-order valence-electron chi connectivity index (χ3n) is 3.14. The second-order valence-electron chi connectivity index (χ2n) is 4.79. The van der Waals surface area contributed by atoms with E-state index >= 15 is 0 Å². The van der Waals surface area contributed by atoms with Crippen LogP contribution < -0.4 is 16.0 Å². The molecule has 102 valence electrons. The van der Waals surface area contributed by atoms with Crippen LogP contribution >= 0.6 is 0 Å². The molecule has 1 saturated heterocycles. The second-order valence-corrected chi connectivity index (χ2v) is 4.79. The first-order valence-electron chi connectivity index (χ1n) is 6.54. The molecule has 1 aliphatic rings. The van der Waals surface area contributed by atoms with E-state index in [9.17, 15) is 9.59 Å². The molecule has 3 N–H and O–H groups in total. The zero-order chi connectivity index (χ0) is 13.7. The Morgan fingerprint density at radius 1 is 1.16 bits per heavy atom. The van der Waals surface area contributed by atoms with E-state index in [1.165, 1.54) is 6.92 Å². The molecule has 1 heterocycles. The van der Waals surface area contributed by atoms with Crippen LogP contribution in [-0.2, 0) is 9.59 Å². The van der Waals surface area contributed by atoms with Gasteiger partial charge in [0.2, 0.25) is 11.8 Å². The van der Waals surface area contributed by atoms with E-state index in [-0.39, 0.29) is 17.7 Å². The minimum Gasteiger partial charge on any atom is -0.326 e. The molecule has 0 spiro atoms. The molecule has 1 aromatic rings. The van der Waals surface area contributed by atoms with Crippen LogP contribution in [0.2, 0.25) is 0 Å². The molecule has 0 radical (unpaired) electrons. The van der Waals surface area contributed by atoms with Crippen molar-refractivity contribution in [3.05, 3.63) is 24.3 Å². The Bertz CT molecular complexity index is 450. The average molecular weight is 261 g/mol. The predicted octanol–water partition coefficient (Wildman–Crippen LogP) is 1.58. The number of hydrogen-bond donors (Lipinski definition) is 3. The molecule has 1 atom stereocenters. The lowest BCUT2D eigenvalue weighted by atomic mass is 9.99. The number of benzene rings is 1. The van der Waals surface area contributed by atoms with Gasteiger partial charge < -0.3 is 16.0 Å². The minimum absolute atomic E-state index is 0.0452. The summed E-state index contributed by atoms with van der Waals surface area (Å²) in [7, 11) is 0. The highest BCUT2D eigenvalue weighted by Crippen LogP contribution is 2.16. The number of rotatable bonds is 3. The SMILES string of the molecule is CC(=O)Nc1ccc(NC(=O)[C@H]2CCCNC2)cc1. The molecule has 1 aromatic carbocycles. The number of amides is 2. The maximum absolute atomic E-state index is 12.0. The second kappa shape index (κ2) is 6.33. The summed E-state index contributed by atoms with van der Waals surface area (Å²) in [5.74, 6) is -0.00619. The van der Waals surface area contributed by atoms with Crippen LogP contribution in [0.15, 0.2) is 24.3 Å². The Morgan fingerprint density at radius 2 is 1.79 bits per heavy atom. The van der Waals surface area contributed by atoms with Gasteiger partial charge in [0.15, 0.2) is 0 Å². The minimum atomic E-state index is -0.106. The van der Waals surface area contributed by atoms with Crippen LogP contribution in [0.5, 0.6) is 0 Å². The third-order valence-corrected chi connectivity index (χ3v) is 3.14. The molecule has 5 heteroatoms. The molecule has 2 amide bonds. The molecule has 0 saturated carbocycles. The lowest BCUT2D eigenvalue weighted by molar-refractivity contribution is -0.120. The highest BCUT2D eigenvalue weighted by molar-refractivity contribution is 5.93. The van der Waals surface area contributed by atoms with Crippen molar-refractivity contribution in [1.29, 1.82) is 0 Å². The van der Waals surface area contributed by atoms with E-state index in [1.54, 1.807) is 24.3 Å². The Labute approximate surface area is 112 Å². The van der Waals surface area contributed by atoms with Crippen LogP contribution in [0.1, 0.15) is 19.8 Å². The normalized spacial score (nSPS) is 18.7. The first-order valence-corrected chi connectivity index (χ1v) is 6.54. The molecule has 0 aromatic heterocycles. The van der Waals surface area contributed by atoms with E-state index in [4.69, 9.17) is 0 Å². The fourth-order valence-electron chi connectivity index (χ4n) is 2.16. The molecule has 2 rings (SSSR count). The van der Waals surface area contributed by atoms with Crippen molar-refractivity contribution in [2.24, 2.45) is 5.92 Å². The molecule has 1 fully saturated rings. The van der Waals surface area contributed by atoms with E-state index in [0.717, 1.165) is 37.3 Å². The molecule has 0 bridgehead atoms. The monoisotopic (exact) mass is 261 g/mol. The molecule has 5 nitrogen and oxygen atoms in total. The zero-order valence-electron chi connectivity index (χ0n) is 11.0. The van der Waals surface area contributed by atoms with Gasteiger partial charge in [-0.3, -0.25) is 9.59 Å². The zero-order valence-corrected chi connectivity index (χ0v) is 11.0. The van der Waals surface area contributed by atoms with Gasteiger partial charge in [0.25, 0.3) is 0 Å². The fraction of sp³-hybridized carbons (Fsp3) is 0.429. The molecular weight excluding hydrogens is 242 g/mol. The number of anilines is 2. The standard InChI is InChI=1S/C14H19N3O2/c1-10(18)16-12-4-6-13(7-5-12)17-14(19)11-3-2-8-15-9-11/h4-7,11,15H,2-3,8-9H2,1H3,(H,16,18)(H,17,19)/t11-/m0/s1. The lowest BCUT2D eigenvalue weighted by Crippen LogP contribution is -2.37. The quantitative estimate of drug-likeness (QED) is 0.773. The highest BCUT2D eigenvalue weighted by Gasteiger charge is 2.20. The maximum Gasteiger partial charge on any atom is 0.228 e. The fourth-order valence-corrected chi connectivity index (χ4v) is 2.16. The number of hydrogen-bond acceptors (Lipinski definition) is 3. The number of nitrogens with one attached hydrogen (secondary N) is 3. The molecule has 1 aliphatic heterocycles. The van der Waals surface area contributed by atoms with Gasteiger partial charge >= 0.3 is 0 Å². The summed E-state index contributed by atoms with van der Waals surface area (Å²) in [5.41, 5.74) is 1.48. The van der Waals surface area contributed by atoms with E-state index in [1.807, 2.05) is 0 Å². The van der Waals surface area contributed by atoms with Crippen LogP contribution in [0.25, 0.3) is 0 Å². The van der Waals surface area contributed by atoms with Gasteiger partial charge in [0.1, 0.15) is 0 Å². The van der Waals surface area contributed by atoms with Crippen molar-refractivity contribution in [3.8, 4) is 0 Å². The van der Waals surface area contributed by atoms with Crippen LogP contribution in [0.3, 0.4) is 0 Å². The third kappa shape index (κ3) is 4.06. The number of piperidine rings is 1. The number of carbonyl (C=O) groups excluding carboxylic acids is 2. The number of carbonyl (C=O) groups is 2. The Hall–Kier alpha value is -1.88. The van der Waals surface area contributed by atoms with Gasteiger partial charge in [-0.2, -0.15) is 0 Å². The maximum atomic E-state index is 12.0. The van der Waals surface area contributed by atoms with Crippen molar-refractivity contribution < 1.29 is 9.59 Å². The summed E-state index contributed by atoms with van der Waals surface area (Å²) in [6.07, 6.45) is 1.97. The lowest BCUT2D eigenvalue weighted by Gasteiger charge is -2.21. The molecule has 19 heavy (non-hydrogen) atoms. The van der Waals surface area contributed by atoms with Crippen molar-refractivity contribution in [3.63, 3.8) is 0 Å². The van der Waals surface area contributed by atoms with Gasteiger partial charge in [0.05, 0.1) is 5.92 Å². The Morgan fingerprint density at radius 3 is 2.32 bits per heavy atom. The molecule has 0 aliphatic carbocycles. The summed E-state index contributed by atoms with van der Waals surface area (Å²) in [4.78, 5) is 22.9. The van der Waals surface area contributed by atoms with Gasteiger partial charge in [-0.1, -0.05) is 0 Å². The predicted molar refractivity (Wildman–Crippen MR) is 75.0 cm³/mol. The topological polar surface area (TPSA) is 70.2 Å². The Balaban J connectivity index is 1.91. The van der Waals surface area contributed by atoms with Crippen molar-refractivity contribution in [2.45, 2.75) is 19.8 Å². The van der Waals surface area contributed by atoms with E-state index in [2.05, 4.69) is 16.0 Å². The summed E-state index contributed by atoms with van der Waals surface area (Å²) < 4.78 is 0. The Kier molecular flexibility index (Phi) is 4.52. The summed E-state index contributed by atoms with van der Waals surface area (Å²) >= 11 is 0. The largest absolute Gasteiger partial charge is 0.326 e. The smallest absolute Gasteiger partial charge is 0.228 e. The van der Waals surface area contributed by atoms with Gasteiger partial charge in [0, 0.05) is 24.8 Å². The molecule has 0 unspecified atom stereocenters. The first-order chi connectivity index (χ1) is 9.15. The summed E-state index contributed by atoms with van der Waals surface area (Å²) in [6.45, 7) is 3.21. The van der Waals surface area contributed by atoms with Crippen LogP contribution in [-0.4, -0.2) is 24.9 Å². The van der Waals surface area contributed by atoms with Crippen LogP contribution in [0.4, 0.5) is 11.4 Å². The van der Waals surface area contributed by atoms with Crippen LogP contribution in [0, 0.1) is 5.92 Å². The highest BCUT2D eigenvalue weighted by atomic mass is 16.2. The van der Waals surface area contributed by atoms with Gasteiger partial charge in [-0.15, -0.1) is 0 Å². The van der Waals surface area contributed by atoms with Gasteiger partial charge in [-0.25, -0.2) is 0 Å². The molecular formula is C14H19N3O2. The van der Waals surface area contributed by atoms with Crippen molar-refractivity contribution in [1.82, 2.24) is 5.32 Å².